The first-order chi connectivity index (χ1) is 19.0. The number of piperazine rings is 1. The zero-order valence-corrected chi connectivity index (χ0v) is 22.6. The molecule has 1 fully saturated rings. The summed E-state index contributed by atoms with van der Waals surface area (Å²) in [7, 11) is 0. The van der Waals surface area contributed by atoms with Crippen molar-refractivity contribution in [2.24, 2.45) is 5.73 Å². The van der Waals surface area contributed by atoms with Crippen molar-refractivity contribution >= 4 is 11.7 Å². The Morgan fingerprint density at radius 3 is 2.23 bits per heavy atom. The minimum Gasteiger partial charge on any atom is -0.550 e. The van der Waals surface area contributed by atoms with Gasteiger partial charge in [0.15, 0.2) is 0 Å². The number of para-hydroxylation sites is 1. The van der Waals surface area contributed by atoms with Gasteiger partial charge in [0, 0.05) is 44.4 Å². The van der Waals surface area contributed by atoms with Crippen LogP contribution in [0.3, 0.4) is 0 Å². The maximum Gasteiger partial charge on any atom is 0.123 e. The molecule has 7 heteroatoms. The van der Waals surface area contributed by atoms with Gasteiger partial charge in [0.25, 0.3) is 0 Å². The van der Waals surface area contributed by atoms with Crippen LogP contribution in [0.2, 0.25) is 0 Å². The number of halogens is 1. The fourth-order valence-corrected chi connectivity index (χ4v) is 5.17. The summed E-state index contributed by atoms with van der Waals surface area (Å²) in [6.07, 6.45) is 3.89. The van der Waals surface area contributed by atoms with Gasteiger partial charge in [-0.05, 0) is 97.7 Å². The number of aliphatic carboxylic acids is 1. The summed E-state index contributed by atoms with van der Waals surface area (Å²) in [5.74, 6) is -0.302. The number of benzene rings is 3. The minimum absolute atomic E-state index is 0.0200. The lowest BCUT2D eigenvalue weighted by molar-refractivity contribution is -0.305. The molecule has 0 atom stereocenters. The molecule has 208 valence electrons. The number of rotatable bonds is 14. The first kappa shape index (κ1) is 28.6. The van der Waals surface area contributed by atoms with Crippen molar-refractivity contribution in [3.8, 4) is 5.75 Å². The van der Waals surface area contributed by atoms with Gasteiger partial charge >= 0.3 is 0 Å². The molecule has 3 aromatic rings. The Balaban J connectivity index is 1.24. The van der Waals surface area contributed by atoms with Crippen LogP contribution >= 0.6 is 0 Å². The highest BCUT2D eigenvalue weighted by molar-refractivity contribution is 5.64. The lowest BCUT2D eigenvalue weighted by Gasteiger charge is -2.36. The molecular weight excluding hydrogens is 493 g/mol. The van der Waals surface area contributed by atoms with Crippen molar-refractivity contribution < 1.29 is 19.0 Å². The summed E-state index contributed by atoms with van der Waals surface area (Å²) in [5, 5.41) is 10.9. The van der Waals surface area contributed by atoms with E-state index >= 15 is 0 Å². The van der Waals surface area contributed by atoms with Crippen LogP contribution < -0.4 is 20.5 Å². The van der Waals surface area contributed by atoms with E-state index in [9.17, 15) is 14.3 Å². The Morgan fingerprint density at radius 2 is 1.54 bits per heavy atom. The Bertz CT molecular complexity index is 1190. The SMILES string of the molecule is NCCc1cc(CCC(=O)[O-])cc(CCc2ccccc2OCCCN2CCN(c3ccc(F)cc3)CC2)c1. The third kappa shape index (κ3) is 9.08. The summed E-state index contributed by atoms with van der Waals surface area (Å²) in [6.45, 7) is 6.07. The number of hydrogen-bond donors (Lipinski definition) is 1. The van der Waals surface area contributed by atoms with Gasteiger partial charge in [-0.1, -0.05) is 36.4 Å². The summed E-state index contributed by atoms with van der Waals surface area (Å²) in [4.78, 5) is 15.7. The average Bonchev–Trinajstić information content (AvgIpc) is 2.94. The molecular formula is C32H39FN3O3-. The minimum atomic E-state index is -1.03. The van der Waals surface area contributed by atoms with E-state index in [2.05, 4.69) is 34.1 Å². The van der Waals surface area contributed by atoms with Crippen LogP contribution in [0, 0.1) is 5.82 Å². The molecule has 0 radical (unpaired) electrons. The fourth-order valence-electron chi connectivity index (χ4n) is 5.17. The largest absolute Gasteiger partial charge is 0.550 e. The second kappa shape index (κ2) is 14.7. The third-order valence-corrected chi connectivity index (χ3v) is 7.26. The monoisotopic (exact) mass is 532 g/mol. The van der Waals surface area contributed by atoms with E-state index in [1.807, 2.05) is 30.3 Å². The molecule has 1 saturated heterocycles. The van der Waals surface area contributed by atoms with Crippen molar-refractivity contribution in [1.29, 1.82) is 0 Å². The van der Waals surface area contributed by atoms with Gasteiger partial charge in [-0.15, -0.1) is 0 Å². The number of carbonyl (C=O) groups excluding carboxylic acids is 1. The Kier molecular flexibility index (Phi) is 10.7. The van der Waals surface area contributed by atoms with E-state index in [0.29, 0.717) is 19.6 Å². The summed E-state index contributed by atoms with van der Waals surface area (Å²) >= 11 is 0. The highest BCUT2D eigenvalue weighted by Crippen LogP contribution is 2.22. The van der Waals surface area contributed by atoms with E-state index in [-0.39, 0.29) is 12.2 Å². The zero-order valence-electron chi connectivity index (χ0n) is 22.6. The predicted molar refractivity (Wildman–Crippen MR) is 152 cm³/mol. The van der Waals surface area contributed by atoms with Crippen LogP contribution in [0.25, 0.3) is 0 Å². The van der Waals surface area contributed by atoms with Crippen molar-refractivity contribution in [1.82, 2.24) is 4.90 Å². The van der Waals surface area contributed by atoms with Gasteiger partial charge < -0.3 is 25.3 Å². The highest BCUT2D eigenvalue weighted by atomic mass is 19.1. The number of carboxylic acids is 1. The van der Waals surface area contributed by atoms with Crippen LogP contribution in [-0.2, 0) is 30.5 Å². The molecule has 0 aromatic heterocycles. The standard InChI is InChI=1S/C32H40FN3O3/c33-29-9-11-30(12-10-29)36-19-17-35(18-20-36)16-3-21-39-31-5-2-1-4-28(31)8-6-25-22-26(7-13-32(37)38)24-27(23-25)14-15-34/h1-2,4-5,9-12,22-24H,3,6-8,13-21,34H2,(H,37,38)/p-1. The van der Waals surface area contributed by atoms with Crippen molar-refractivity contribution in [2.45, 2.75) is 38.5 Å². The molecule has 3 aromatic carbocycles. The highest BCUT2D eigenvalue weighted by Gasteiger charge is 2.17. The Hall–Kier alpha value is -3.42. The lowest BCUT2D eigenvalue weighted by Crippen LogP contribution is -2.46. The number of carboxylic acid groups (broad SMARTS) is 1. The number of nitrogens with zero attached hydrogens (tertiary/aromatic N) is 2. The summed E-state index contributed by atoms with van der Waals surface area (Å²) in [5.41, 5.74) is 11.4. The number of anilines is 1. The van der Waals surface area contributed by atoms with Gasteiger partial charge in [-0.2, -0.15) is 0 Å². The molecule has 4 rings (SSSR count). The van der Waals surface area contributed by atoms with Crippen LogP contribution in [0.1, 0.15) is 35.1 Å². The van der Waals surface area contributed by atoms with E-state index in [1.54, 1.807) is 0 Å². The molecule has 0 unspecified atom stereocenters. The lowest BCUT2D eigenvalue weighted by atomic mass is 9.96. The van der Waals surface area contributed by atoms with Gasteiger partial charge in [-0.25, -0.2) is 4.39 Å². The van der Waals surface area contributed by atoms with E-state index in [0.717, 1.165) is 81.0 Å². The van der Waals surface area contributed by atoms with Gasteiger partial charge in [0.2, 0.25) is 0 Å². The van der Waals surface area contributed by atoms with Crippen LogP contribution in [0.4, 0.5) is 10.1 Å². The molecule has 1 aliphatic rings. The first-order valence-electron chi connectivity index (χ1n) is 14.0. The second-order valence-electron chi connectivity index (χ2n) is 10.2. The van der Waals surface area contributed by atoms with Crippen LogP contribution in [0.15, 0.2) is 66.7 Å². The normalized spacial score (nSPS) is 13.9. The Labute approximate surface area is 231 Å². The molecule has 39 heavy (non-hydrogen) atoms. The number of nitrogens with two attached hydrogens (primary N) is 1. The molecule has 6 nitrogen and oxygen atoms in total. The quantitative estimate of drug-likeness (QED) is 0.321. The van der Waals surface area contributed by atoms with Crippen molar-refractivity contribution in [2.75, 3.05) is 50.8 Å². The molecule has 1 heterocycles. The molecule has 0 amide bonds. The first-order valence-corrected chi connectivity index (χ1v) is 14.0. The molecule has 1 aliphatic heterocycles. The van der Waals surface area contributed by atoms with Crippen LogP contribution in [0.5, 0.6) is 5.75 Å². The number of aryl methyl sites for hydroxylation is 3. The fraction of sp³-hybridized carbons (Fsp3) is 0.406. The van der Waals surface area contributed by atoms with E-state index < -0.39 is 5.97 Å². The topological polar surface area (TPSA) is 81.9 Å². The molecule has 0 spiro atoms. The molecule has 0 saturated carbocycles. The van der Waals surface area contributed by atoms with Crippen molar-refractivity contribution in [3.63, 3.8) is 0 Å². The van der Waals surface area contributed by atoms with E-state index in [4.69, 9.17) is 10.5 Å². The van der Waals surface area contributed by atoms with Crippen molar-refractivity contribution in [3.05, 3.63) is 94.8 Å². The molecule has 0 bridgehead atoms. The molecule has 0 aliphatic carbocycles. The third-order valence-electron chi connectivity index (χ3n) is 7.26. The summed E-state index contributed by atoms with van der Waals surface area (Å²) in [6, 6.07) is 21.3. The number of ether oxygens (including phenoxy) is 1. The van der Waals surface area contributed by atoms with Crippen LogP contribution in [-0.4, -0.2) is 56.7 Å². The zero-order chi connectivity index (χ0) is 27.5. The maximum absolute atomic E-state index is 13.2. The average molecular weight is 533 g/mol. The number of hydrogen-bond acceptors (Lipinski definition) is 6. The Morgan fingerprint density at radius 1 is 0.872 bits per heavy atom. The smallest absolute Gasteiger partial charge is 0.123 e. The van der Waals surface area contributed by atoms with Gasteiger partial charge in [0.1, 0.15) is 11.6 Å². The van der Waals surface area contributed by atoms with Gasteiger partial charge in [0.05, 0.1) is 6.61 Å². The second-order valence-corrected chi connectivity index (χ2v) is 10.2. The molecule has 2 N–H and O–H groups in total. The maximum atomic E-state index is 13.2. The summed E-state index contributed by atoms with van der Waals surface area (Å²) < 4.78 is 19.4. The predicted octanol–water partition coefficient (Wildman–Crippen LogP) is 3.39. The van der Waals surface area contributed by atoms with Gasteiger partial charge in [-0.3, -0.25) is 4.90 Å². The van der Waals surface area contributed by atoms with E-state index in [1.165, 1.54) is 23.3 Å². The number of carbonyl (C=O) groups is 1.